The van der Waals surface area contributed by atoms with Crippen LogP contribution in [0.25, 0.3) is 0 Å². The van der Waals surface area contributed by atoms with Crippen molar-refractivity contribution >= 4 is 23.2 Å². The van der Waals surface area contributed by atoms with Gasteiger partial charge in [-0.3, -0.25) is 0 Å². The summed E-state index contributed by atoms with van der Waals surface area (Å²) in [7, 11) is 1.92. The lowest BCUT2D eigenvalue weighted by Gasteiger charge is -2.32. The molecule has 2 aromatic carbocycles. The van der Waals surface area contributed by atoms with Gasteiger partial charge >= 0.3 is 0 Å². The Morgan fingerprint density at radius 2 is 1.74 bits per heavy atom. The van der Waals surface area contributed by atoms with Crippen LogP contribution < -0.4 is 5.73 Å². The number of hydrogen-bond donors (Lipinski definition) is 1. The van der Waals surface area contributed by atoms with Gasteiger partial charge in [-0.25, -0.2) is 4.98 Å². The number of hydrogen-bond acceptors (Lipinski definition) is 2. The van der Waals surface area contributed by atoms with Crippen LogP contribution in [0.3, 0.4) is 0 Å². The van der Waals surface area contributed by atoms with Crippen molar-refractivity contribution in [2.75, 3.05) is 0 Å². The fourth-order valence-corrected chi connectivity index (χ4v) is 3.16. The van der Waals surface area contributed by atoms with Crippen LogP contribution in [0.15, 0.2) is 55.0 Å². The second-order valence-corrected chi connectivity index (χ2v) is 6.38. The van der Waals surface area contributed by atoms with Crippen LogP contribution in [0, 0.1) is 6.92 Å². The van der Waals surface area contributed by atoms with E-state index in [9.17, 15) is 0 Å². The molecule has 2 N–H and O–H groups in total. The lowest BCUT2D eigenvalue weighted by atomic mass is 9.79. The largest absolute Gasteiger partial charge is 0.336 e. The first kappa shape index (κ1) is 16.1. The molecule has 3 aromatic rings. The Labute approximate surface area is 145 Å². The lowest BCUT2D eigenvalue weighted by Crippen LogP contribution is -2.41. The highest BCUT2D eigenvalue weighted by molar-refractivity contribution is 6.30. The average molecular weight is 345 g/mol. The molecule has 0 saturated heterocycles. The maximum Gasteiger partial charge on any atom is 0.109 e. The summed E-state index contributed by atoms with van der Waals surface area (Å²) < 4.78 is 1.91. The van der Waals surface area contributed by atoms with Gasteiger partial charge in [0.25, 0.3) is 0 Å². The van der Waals surface area contributed by atoms with Crippen LogP contribution >= 0.6 is 23.2 Å². The molecule has 0 bridgehead atoms. The zero-order chi connectivity index (χ0) is 16.6. The number of rotatable bonds is 3. The number of aromatic nitrogens is 2. The van der Waals surface area contributed by atoms with E-state index in [4.69, 9.17) is 28.9 Å². The molecule has 0 amide bonds. The van der Waals surface area contributed by atoms with E-state index in [0.717, 1.165) is 22.4 Å². The first-order valence-corrected chi connectivity index (χ1v) is 7.82. The third kappa shape index (κ3) is 2.76. The Morgan fingerprint density at radius 3 is 2.30 bits per heavy atom. The lowest BCUT2D eigenvalue weighted by molar-refractivity contribution is 0.594. The molecule has 23 heavy (non-hydrogen) atoms. The van der Waals surface area contributed by atoms with Crippen LogP contribution in [0.2, 0.25) is 10.0 Å². The molecule has 0 fully saturated rings. The van der Waals surface area contributed by atoms with Crippen LogP contribution in [0.5, 0.6) is 0 Å². The molecular weight excluding hydrogens is 329 g/mol. The van der Waals surface area contributed by atoms with Crippen molar-refractivity contribution in [2.24, 2.45) is 12.8 Å². The van der Waals surface area contributed by atoms with Gasteiger partial charge in [-0.2, -0.15) is 0 Å². The van der Waals surface area contributed by atoms with Crippen molar-refractivity contribution in [1.82, 2.24) is 9.55 Å². The summed E-state index contributed by atoms with van der Waals surface area (Å²) in [4.78, 5) is 4.21. The van der Waals surface area contributed by atoms with Gasteiger partial charge in [0.2, 0.25) is 0 Å². The molecule has 0 unspecified atom stereocenters. The minimum atomic E-state index is -0.905. The number of nitrogens with two attached hydrogens (primary N) is 1. The average Bonchev–Trinajstić information content (AvgIpc) is 2.94. The zero-order valence-corrected chi connectivity index (χ0v) is 14.1. The van der Waals surface area contributed by atoms with Crippen molar-refractivity contribution in [3.8, 4) is 0 Å². The van der Waals surface area contributed by atoms with E-state index in [1.54, 1.807) is 12.5 Å². The Bertz CT molecular complexity index is 840. The van der Waals surface area contributed by atoms with Crippen LogP contribution in [-0.2, 0) is 12.6 Å². The fraction of sp³-hybridized carbons (Fsp3) is 0.111. The Kier molecular flexibility index (Phi) is 4.19. The number of imidazole rings is 1. The van der Waals surface area contributed by atoms with Crippen LogP contribution in [-0.4, -0.2) is 9.55 Å². The summed E-state index contributed by atoms with van der Waals surface area (Å²) >= 11 is 12.1. The molecule has 0 spiro atoms. The van der Waals surface area contributed by atoms with Crippen molar-refractivity contribution in [3.05, 3.63) is 94.3 Å². The maximum absolute atomic E-state index is 6.92. The number of benzene rings is 2. The summed E-state index contributed by atoms with van der Waals surface area (Å²) in [6, 6.07) is 13.0. The van der Waals surface area contributed by atoms with E-state index in [-0.39, 0.29) is 0 Å². The van der Waals surface area contributed by atoms with E-state index in [2.05, 4.69) is 11.9 Å². The highest BCUT2D eigenvalue weighted by Gasteiger charge is 2.35. The third-order valence-electron chi connectivity index (χ3n) is 4.01. The van der Waals surface area contributed by atoms with Gasteiger partial charge in [0.15, 0.2) is 0 Å². The van der Waals surface area contributed by atoms with Crippen molar-refractivity contribution < 1.29 is 0 Å². The third-order valence-corrected chi connectivity index (χ3v) is 4.50. The summed E-state index contributed by atoms with van der Waals surface area (Å²) in [5.74, 6) is 0. The van der Waals surface area contributed by atoms with E-state index >= 15 is 0 Å². The van der Waals surface area contributed by atoms with Gasteiger partial charge in [-0.15, -0.1) is 0 Å². The normalized spacial score (nSPS) is 13.8. The molecule has 0 aliphatic heterocycles. The summed E-state index contributed by atoms with van der Waals surface area (Å²) in [6.45, 7) is 4.11. The van der Waals surface area contributed by atoms with E-state index in [1.165, 1.54) is 0 Å². The van der Waals surface area contributed by atoms with Gasteiger partial charge in [0, 0.05) is 17.1 Å². The summed E-state index contributed by atoms with van der Waals surface area (Å²) in [6.07, 6.45) is 3.49. The molecule has 3 rings (SSSR count). The number of nitrogens with zero attached hydrogens (tertiary/aromatic N) is 2. The monoisotopic (exact) mass is 344 g/mol. The number of aryl methyl sites for hydroxylation is 1. The Morgan fingerprint density at radius 1 is 1.09 bits per heavy atom. The first-order chi connectivity index (χ1) is 10.9. The van der Waals surface area contributed by atoms with Crippen LogP contribution in [0.1, 0.15) is 22.4 Å². The highest BCUT2D eigenvalue weighted by atomic mass is 35.5. The highest BCUT2D eigenvalue weighted by Crippen LogP contribution is 2.36. The topological polar surface area (TPSA) is 43.8 Å². The van der Waals surface area contributed by atoms with Gasteiger partial charge in [-0.05, 0) is 47.9 Å². The molecule has 5 heteroatoms. The van der Waals surface area contributed by atoms with E-state index < -0.39 is 5.54 Å². The molecule has 1 radical (unpaired) electrons. The maximum atomic E-state index is 6.92. The van der Waals surface area contributed by atoms with Gasteiger partial charge in [-0.1, -0.05) is 41.4 Å². The van der Waals surface area contributed by atoms with Crippen molar-refractivity contribution in [1.29, 1.82) is 0 Å². The zero-order valence-electron chi connectivity index (χ0n) is 12.6. The smallest absolute Gasteiger partial charge is 0.109 e. The summed E-state index contributed by atoms with van der Waals surface area (Å²) in [5, 5.41) is 1.29. The minimum absolute atomic E-state index is 0.627. The van der Waals surface area contributed by atoms with Crippen LogP contribution in [0.4, 0.5) is 0 Å². The summed E-state index contributed by atoms with van der Waals surface area (Å²) in [5.41, 5.74) is 9.41. The van der Waals surface area contributed by atoms with Crippen molar-refractivity contribution in [2.45, 2.75) is 5.54 Å². The second-order valence-electron chi connectivity index (χ2n) is 5.51. The predicted molar refractivity (Wildman–Crippen MR) is 94.6 cm³/mol. The second kappa shape index (κ2) is 6.00. The van der Waals surface area contributed by atoms with Gasteiger partial charge in [0.05, 0.1) is 18.2 Å². The predicted octanol–water partition coefficient (Wildman–Crippen LogP) is 4.16. The molecule has 3 nitrogen and oxygen atoms in total. The molecule has 117 valence electrons. The van der Waals surface area contributed by atoms with Crippen molar-refractivity contribution in [3.63, 3.8) is 0 Å². The SMILES string of the molecule is [CH2]c1cc(Cl)ccc1[C@](N)(c1ccc(Cl)cc1)c1cncn1C. The Balaban J connectivity index is 2.30. The molecule has 0 saturated carbocycles. The molecule has 1 aromatic heterocycles. The van der Waals surface area contributed by atoms with E-state index in [0.29, 0.717) is 10.0 Å². The Hall–Kier alpha value is -1.81. The molecule has 1 atom stereocenters. The first-order valence-electron chi connectivity index (χ1n) is 7.06. The fourth-order valence-electron chi connectivity index (χ4n) is 2.84. The molecule has 0 aliphatic carbocycles. The minimum Gasteiger partial charge on any atom is -0.336 e. The van der Waals surface area contributed by atoms with Gasteiger partial charge < -0.3 is 10.3 Å². The molecule has 1 heterocycles. The van der Waals surface area contributed by atoms with E-state index in [1.807, 2.05) is 54.1 Å². The quantitative estimate of drug-likeness (QED) is 0.775. The standard InChI is InChI=1S/C18H16Cl2N3/c1-12-9-15(20)7-8-16(12)18(21,17-10-22-11-23(17)2)13-3-5-14(19)6-4-13/h3-11H,1,21H2,2H3/t18-/m1/s1. The van der Waals surface area contributed by atoms with Gasteiger partial charge in [0.1, 0.15) is 5.54 Å². The molecular formula is C18H16Cl2N3. The number of halogens is 2. The molecule has 0 aliphatic rings.